The Kier molecular flexibility index (Phi) is 2.65. The molecule has 1 aliphatic rings. The molecular formula is C15H16N2. The van der Waals surface area contributed by atoms with Gasteiger partial charge in [0.2, 0.25) is 0 Å². The van der Waals surface area contributed by atoms with Gasteiger partial charge in [0.05, 0.1) is 6.04 Å². The summed E-state index contributed by atoms with van der Waals surface area (Å²) in [5, 5.41) is 3.57. The van der Waals surface area contributed by atoms with E-state index in [-0.39, 0.29) is 0 Å². The third kappa shape index (κ3) is 1.96. The maximum Gasteiger partial charge on any atom is 0.0594 e. The molecule has 1 N–H and O–H groups in total. The summed E-state index contributed by atoms with van der Waals surface area (Å²) in [5.41, 5.74) is 5.46. The number of pyridine rings is 1. The lowest BCUT2D eigenvalue weighted by Crippen LogP contribution is -2.30. The molecule has 0 fully saturated rings. The molecule has 1 aromatic carbocycles. The van der Waals surface area contributed by atoms with Gasteiger partial charge in [-0.2, -0.15) is 0 Å². The van der Waals surface area contributed by atoms with E-state index in [1.807, 2.05) is 18.5 Å². The number of hydrogen-bond acceptors (Lipinski definition) is 2. The molecule has 2 heterocycles. The normalized spacial score (nSPS) is 18.8. The Bertz CT molecular complexity index is 520. The Balaban J connectivity index is 2.06. The van der Waals surface area contributed by atoms with Gasteiger partial charge in [-0.05, 0) is 36.1 Å². The summed E-state index contributed by atoms with van der Waals surface area (Å²) in [7, 11) is 0. The Hall–Kier alpha value is -1.67. The second kappa shape index (κ2) is 4.30. The Morgan fingerprint density at radius 3 is 3.06 bits per heavy atom. The van der Waals surface area contributed by atoms with E-state index in [1.165, 1.54) is 22.3 Å². The number of hydrogen-bond donors (Lipinski definition) is 1. The highest BCUT2D eigenvalue weighted by Gasteiger charge is 2.20. The highest BCUT2D eigenvalue weighted by Crippen LogP contribution is 2.28. The third-order valence-electron chi connectivity index (χ3n) is 3.37. The largest absolute Gasteiger partial charge is 0.306 e. The lowest BCUT2D eigenvalue weighted by Gasteiger charge is -2.27. The van der Waals surface area contributed by atoms with E-state index < -0.39 is 0 Å². The molecule has 0 amide bonds. The van der Waals surface area contributed by atoms with Gasteiger partial charge in [-0.15, -0.1) is 0 Å². The van der Waals surface area contributed by atoms with E-state index in [1.54, 1.807) is 0 Å². The zero-order valence-corrected chi connectivity index (χ0v) is 9.98. The highest BCUT2D eigenvalue weighted by atomic mass is 14.9. The predicted octanol–water partition coefficient (Wildman–Crippen LogP) is 2.63. The van der Waals surface area contributed by atoms with Crippen LogP contribution in [-0.4, -0.2) is 11.5 Å². The average molecular weight is 224 g/mol. The molecule has 1 aliphatic heterocycles. The van der Waals surface area contributed by atoms with Gasteiger partial charge in [0.15, 0.2) is 0 Å². The maximum atomic E-state index is 4.21. The van der Waals surface area contributed by atoms with Crippen LogP contribution in [0.1, 0.15) is 28.3 Å². The second-order valence-corrected chi connectivity index (χ2v) is 4.63. The van der Waals surface area contributed by atoms with Crippen molar-refractivity contribution in [2.75, 3.05) is 6.54 Å². The fourth-order valence-corrected chi connectivity index (χ4v) is 2.54. The average Bonchev–Trinajstić information content (AvgIpc) is 2.39. The van der Waals surface area contributed by atoms with Crippen molar-refractivity contribution in [2.45, 2.75) is 19.4 Å². The van der Waals surface area contributed by atoms with Gasteiger partial charge in [0, 0.05) is 18.9 Å². The first-order valence-corrected chi connectivity index (χ1v) is 6.07. The Labute approximate surface area is 102 Å². The van der Waals surface area contributed by atoms with Crippen LogP contribution in [-0.2, 0) is 6.42 Å². The summed E-state index contributed by atoms with van der Waals surface area (Å²) in [6.07, 6.45) is 4.89. The minimum Gasteiger partial charge on any atom is -0.306 e. The fraction of sp³-hybridized carbons (Fsp3) is 0.267. The first kappa shape index (κ1) is 10.5. The number of fused-ring (bicyclic) bond motifs is 1. The van der Waals surface area contributed by atoms with Gasteiger partial charge < -0.3 is 5.32 Å². The molecule has 0 spiro atoms. The zero-order valence-electron chi connectivity index (χ0n) is 9.98. The summed E-state index contributed by atoms with van der Waals surface area (Å²) >= 11 is 0. The van der Waals surface area contributed by atoms with Gasteiger partial charge in [0.1, 0.15) is 0 Å². The molecule has 2 heteroatoms. The molecular weight excluding hydrogens is 208 g/mol. The number of benzene rings is 1. The van der Waals surface area contributed by atoms with Crippen molar-refractivity contribution in [1.82, 2.24) is 10.3 Å². The van der Waals surface area contributed by atoms with Crippen LogP contribution in [0.5, 0.6) is 0 Å². The number of aromatic nitrogens is 1. The van der Waals surface area contributed by atoms with Crippen LogP contribution >= 0.6 is 0 Å². The lowest BCUT2D eigenvalue weighted by molar-refractivity contribution is 0.566. The maximum absolute atomic E-state index is 4.21. The second-order valence-electron chi connectivity index (χ2n) is 4.63. The number of aryl methyl sites for hydroxylation is 1. The van der Waals surface area contributed by atoms with E-state index in [0.717, 1.165) is 13.0 Å². The van der Waals surface area contributed by atoms with E-state index >= 15 is 0 Å². The van der Waals surface area contributed by atoms with Gasteiger partial charge in [-0.3, -0.25) is 4.98 Å². The SMILES string of the molecule is Cc1ccc2c(c1)CCNC2c1cccnc1. The number of nitrogens with one attached hydrogen (secondary N) is 1. The molecule has 0 saturated carbocycles. The smallest absolute Gasteiger partial charge is 0.0594 e. The molecule has 0 saturated heterocycles. The van der Waals surface area contributed by atoms with E-state index in [4.69, 9.17) is 0 Å². The molecule has 1 unspecified atom stereocenters. The molecule has 1 atom stereocenters. The lowest BCUT2D eigenvalue weighted by atomic mass is 9.89. The van der Waals surface area contributed by atoms with Crippen molar-refractivity contribution in [3.8, 4) is 0 Å². The third-order valence-corrected chi connectivity index (χ3v) is 3.37. The Morgan fingerprint density at radius 1 is 1.29 bits per heavy atom. The molecule has 0 radical (unpaired) electrons. The van der Waals surface area contributed by atoms with Crippen molar-refractivity contribution in [2.24, 2.45) is 0 Å². The van der Waals surface area contributed by atoms with Gasteiger partial charge in [0.25, 0.3) is 0 Å². The molecule has 2 nitrogen and oxygen atoms in total. The minimum absolute atomic E-state index is 0.299. The van der Waals surface area contributed by atoms with E-state index in [2.05, 4.69) is 41.5 Å². The molecule has 1 aromatic heterocycles. The highest BCUT2D eigenvalue weighted by molar-refractivity contribution is 5.40. The number of nitrogens with zero attached hydrogens (tertiary/aromatic N) is 1. The van der Waals surface area contributed by atoms with Crippen LogP contribution in [0.15, 0.2) is 42.7 Å². The molecule has 3 rings (SSSR count). The molecule has 2 aromatic rings. The Morgan fingerprint density at radius 2 is 2.24 bits per heavy atom. The van der Waals surface area contributed by atoms with Crippen molar-refractivity contribution < 1.29 is 0 Å². The summed E-state index contributed by atoms with van der Waals surface area (Å²) in [6, 6.07) is 11.2. The van der Waals surface area contributed by atoms with Crippen LogP contribution in [0, 0.1) is 6.92 Å². The molecule has 17 heavy (non-hydrogen) atoms. The molecule has 0 bridgehead atoms. The van der Waals surface area contributed by atoms with Crippen molar-refractivity contribution >= 4 is 0 Å². The van der Waals surface area contributed by atoms with Crippen LogP contribution < -0.4 is 5.32 Å². The standard InChI is InChI=1S/C15H16N2/c1-11-4-5-14-12(9-11)6-8-17-15(14)13-3-2-7-16-10-13/h2-5,7,9-10,15,17H,6,8H2,1H3. The van der Waals surface area contributed by atoms with Crippen LogP contribution in [0.2, 0.25) is 0 Å². The summed E-state index contributed by atoms with van der Waals surface area (Å²) < 4.78 is 0. The van der Waals surface area contributed by atoms with E-state index in [9.17, 15) is 0 Å². The van der Waals surface area contributed by atoms with Crippen molar-refractivity contribution in [3.63, 3.8) is 0 Å². The van der Waals surface area contributed by atoms with Gasteiger partial charge >= 0.3 is 0 Å². The summed E-state index contributed by atoms with van der Waals surface area (Å²) in [4.78, 5) is 4.21. The van der Waals surface area contributed by atoms with Gasteiger partial charge in [-0.25, -0.2) is 0 Å². The van der Waals surface area contributed by atoms with Gasteiger partial charge in [-0.1, -0.05) is 29.8 Å². The summed E-state index contributed by atoms with van der Waals surface area (Å²) in [6.45, 7) is 3.19. The van der Waals surface area contributed by atoms with Crippen LogP contribution in [0.25, 0.3) is 0 Å². The van der Waals surface area contributed by atoms with Crippen molar-refractivity contribution in [3.05, 3.63) is 65.0 Å². The minimum atomic E-state index is 0.299. The first-order chi connectivity index (χ1) is 8.34. The predicted molar refractivity (Wildman–Crippen MR) is 69.0 cm³/mol. The molecule has 86 valence electrons. The fourth-order valence-electron chi connectivity index (χ4n) is 2.54. The number of rotatable bonds is 1. The summed E-state index contributed by atoms with van der Waals surface area (Å²) in [5.74, 6) is 0. The quantitative estimate of drug-likeness (QED) is 0.805. The van der Waals surface area contributed by atoms with Crippen LogP contribution in [0.4, 0.5) is 0 Å². The van der Waals surface area contributed by atoms with Crippen molar-refractivity contribution in [1.29, 1.82) is 0 Å². The topological polar surface area (TPSA) is 24.9 Å². The molecule has 0 aliphatic carbocycles. The monoisotopic (exact) mass is 224 g/mol. The zero-order chi connectivity index (χ0) is 11.7. The first-order valence-electron chi connectivity index (χ1n) is 6.07. The van der Waals surface area contributed by atoms with E-state index in [0.29, 0.717) is 6.04 Å². The van der Waals surface area contributed by atoms with Crippen LogP contribution in [0.3, 0.4) is 0 Å².